The highest BCUT2D eigenvalue weighted by Crippen LogP contribution is 2.29. The quantitative estimate of drug-likeness (QED) is 0.734. The van der Waals surface area contributed by atoms with E-state index in [1.54, 1.807) is 0 Å². The monoisotopic (exact) mass is 254 g/mol. The third kappa shape index (κ3) is 6.39. The van der Waals surface area contributed by atoms with E-state index in [0.29, 0.717) is 6.42 Å². The van der Waals surface area contributed by atoms with Crippen molar-refractivity contribution in [2.24, 2.45) is 17.6 Å². The smallest absolute Gasteiger partial charge is 0.221 e. The molecule has 3 N–H and O–H groups in total. The van der Waals surface area contributed by atoms with Gasteiger partial charge in [-0.2, -0.15) is 0 Å². The molecule has 0 aliphatic heterocycles. The maximum atomic E-state index is 11.6. The van der Waals surface area contributed by atoms with Crippen LogP contribution in [0.1, 0.15) is 65.2 Å². The fourth-order valence-corrected chi connectivity index (χ4v) is 2.82. The van der Waals surface area contributed by atoms with E-state index in [1.807, 2.05) is 0 Å². The van der Waals surface area contributed by atoms with E-state index in [1.165, 1.54) is 25.7 Å². The first kappa shape index (κ1) is 15.5. The van der Waals surface area contributed by atoms with Crippen LogP contribution in [0, 0.1) is 11.8 Å². The summed E-state index contributed by atoms with van der Waals surface area (Å²) in [7, 11) is 0. The van der Waals surface area contributed by atoms with Crippen LogP contribution in [0.3, 0.4) is 0 Å². The van der Waals surface area contributed by atoms with Crippen molar-refractivity contribution in [3.05, 3.63) is 0 Å². The molecule has 1 aliphatic rings. The zero-order chi connectivity index (χ0) is 13.4. The lowest BCUT2D eigenvalue weighted by molar-refractivity contribution is -0.121. The van der Waals surface area contributed by atoms with Gasteiger partial charge in [-0.1, -0.05) is 46.0 Å². The lowest BCUT2D eigenvalue weighted by atomic mass is 9.81. The van der Waals surface area contributed by atoms with Gasteiger partial charge in [0.15, 0.2) is 0 Å². The maximum absolute atomic E-state index is 11.6. The van der Waals surface area contributed by atoms with Crippen molar-refractivity contribution < 1.29 is 4.79 Å². The van der Waals surface area contributed by atoms with E-state index in [2.05, 4.69) is 19.2 Å². The number of carbonyl (C=O) groups is 1. The predicted octanol–water partition coefficient (Wildman–Crippen LogP) is 2.84. The summed E-state index contributed by atoms with van der Waals surface area (Å²) in [5, 5.41) is 3.01. The van der Waals surface area contributed by atoms with Crippen molar-refractivity contribution in [2.45, 2.75) is 71.3 Å². The third-order valence-electron chi connectivity index (χ3n) is 4.12. The number of hydrogen-bond acceptors (Lipinski definition) is 2. The number of amides is 1. The summed E-state index contributed by atoms with van der Waals surface area (Å²) >= 11 is 0. The van der Waals surface area contributed by atoms with Gasteiger partial charge in [0.25, 0.3) is 0 Å². The minimum Gasteiger partial charge on any atom is -0.356 e. The highest BCUT2D eigenvalue weighted by molar-refractivity contribution is 5.76. The first-order chi connectivity index (χ1) is 8.61. The molecule has 1 amide bonds. The average molecular weight is 254 g/mol. The fourth-order valence-electron chi connectivity index (χ4n) is 2.82. The molecule has 3 heteroatoms. The van der Waals surface area contributed by atoms with E-state index >= 15 is 0 Å². The van der Waals surface area contributed by atoms with Crippen molar-refractivity contribution in [2.75, 3.05) is 6.54 Å². The van der Waals surface area contributed by atoms with Crippen LogP contribution in [-0.4, -0.2) is 18.5 Å². The van der Waals surface area contributed by atoms with Crippen LogP contribution in [0.4, 0.5) is 0 Å². The van der Waals surface area contributed by atoms with E-state index in [0.717, 1.165) is 37.6 Å². The second kappa shape index (κ2) is 8.52. The standard InChI is InChI=1S/C15H30N2O/c1-3-4-14(16)11-15(18)17-10-9-13-7-5-12(2)6-8-13/h12-14H,3-11,16H2,1-2H3,(H,17,18). The van der Waals surface area contributed by atoms with Gasteiger partial charge in [-0.25, -0.2) is 0 Å². The van der Waals surface area contributed by atoms with Crippen molar-refractivity contribution in [3.8, 4) is 0 Å². The van der Waals surface area contributed by atoms with Crippen LogP contribution < -0.4 is 11.1 Å². The van der Waals surface area contributed by atoms with Gasteiger partial charge in [-0.15, -0.1) is 0 Å². The second-order valence-electron chi connectivity index (χ2n) is 6.02. The summed E-state index contributed by atoms with van der Waals surface area (Å²) in [6, 6.07) is 0.0329. The van der Waals surface area contributed by atoms with Crippen LogP contribution in [0.2, 0.25) is 0 Å². The number of hydrogen-bond donors (Lipinski definition) is 2. The number of nitrogens with two attached hydrogens (primary N) is 1. The van der Waals surface area contributed by atoms with Gasteiger partial charge in [-0.05, 0) is 24.7 Å². The molecule has 1 atom stereocenters. The third-order valence-corrected chi connectivity index (χ3v) is 4.12. The summed E-state index contributed by atoms with van der Waals surface area (Å²) in [6.07, 6.45) is 9.01. The topological polar surface area (TPSA) is 55.1 Å². The first-order valence-corrected chi connectivity index (χ1v) is 7.64. The Morgan fingerprint density at radius 3 is 2.61 bits per heavy atom. The van der Waals surface area contributed by atoms with Crippen LogP contribution in [-0.2, 0) is 4.79 Å². The van der Waals surface area contributed by atoms with Gasteiger partial charge in [0.1, 0.15) is 0 Å². The van der Waals surface area contributed by atoms with E-state index in [9.17, 15) is 4.79 Å². The molecule has 18 heavy (non-hydrogen) atoms. The minimum absolute atomic E-state index is 0.0329. The van der Waals surface area contributed by atoms with Gasteiger partial charge >= 0.3 is 0 Å². The molecule has 0 spiro atoms. The zero-order valence-corrected chi connectivity index (χ0v) is 12.1. The van der Waals surface area contributed by atoms with Crippen molar-refractivity contribution in [1.82, 2.24) is 5.32 Å². The summed E-state index contributed by atoms with van der Waals surface area (Å²) in [5.74, 6) is 1.86. The molecule has 0 bridgehead atoms. The molecule has 0 aromatic heterocycles. The molecule has 1 fully saturated rings. The molecule has 0 heterocycles. The zero-order valence-electron chi connectivity index (χ0n) is 12.1. The highest BCUT2D eigenvalue weighted by Gasteiger charge is 2.18. The lowest BCUT2D eigenvalue weighted by Crippen LogP contribution is -2.33. The Bertz CT molecular complexity index is 235. The fraction of sp³-hybridized carbons (Fsp3) is 0.933. The summed E-state index contributed by atoms with van der Waals surface area (Å²) in [5.41, 5.74) is 5.85. The molecule has 3 nitrogen and oxygen atoms in total. The Kier molecular flexibility index (Phi) is 7.33. The van der Waals surface area contributed by atoms with Gasteiger partial charge in [-0.3, -0.25) is 4.79 Å². The average Bonchev–Trinajstić information content (AvgIpc) is 2.32. The molecule has 0 radical (unpaired) electrons. The Hall–Kier alpha value is -0.570. The molecular weight excluding hydrogens is 224 g/mol. The van der Waals surface area contributed by atoms with Crippen LogP contribution >= 0.6 is 0 Å². The van der Waals surface area contributed by atoms with E-state index in [-0.39, 0.29) is 11.9 Å². The Balaban J connectivity index is 2.04. The Morgan fingerprint density at radius 1 is 1.33 bits per heavy atom. The summed E-state index contributed by atoms with van der Waals surface area (Å²) < 4.78 is 0. The maximum Gasteiger partial charge on any atom is 0.221 e. The Labute approximate surface area is 112 Å². The van der Waals surface area contributed by atoms with Crippen molar-refractivity contribution >= 4 is 5.91 Å². The van der Waals surface area contributed by atoms with Gasteiger partial charge in [0.2, 0.25) is 5.91 Å². The van der Waals surface area contributed by atoms with Crippen LogP contribution in [0.5, 0.6) is 0 Å². The number of nitrogens with one attached hydrogen (secondary N) is 1. The minimum atomic E-state index is 0.0329. The lowest BCUT2D eigenvalue weighted by Gasteiger charge is -2.26. The van der Waals surface area contributed by atoms with Crippen LogP contribution in [0.15, 0.2) is 0 Å². The molecular formula is C15H30N2O. The molecule has 1 rings (SSSR count). The van der Waals surface area contributed by atoms with Crippen molar-refractivity contribution in [1.29, 1.82) is 0 Å². The van der Waals surface area contributed by atoms with Gasteiger partial charge < -0.3 is 11.1 Å². The molecule has 106 valence electrons. The molecule has 1 unspecified atom stereocenters. The van der Waals surface area contributed by atoms with E-state index in [4.69, 9.17) is 5.73 Å². The molecule has 1 saturated carbocycles. The van der Waals surface area contributed by atoms with Crippen LogP contribution in [0.25, 0.3) is 0 Å². The molecule has 0 aromatic rings. The molecule has 1 aliphatic carbocycles. The summed E-state index contributed by atoms with van der Waals surface area (Å²) in [6.45, 7) is 5.27. The van der Waals surface area contributed by atoms with E-state index < -0.39 is 0 Å². The normalized spacial score (nSPS) is 25.7. The second-order valence-corrected chi connectivity index (χ2v) is 6.02. The number of rotatable bonds is 7. The highest BCUT2D eigenvalue weighted by atomic mass is 16.1. The van der Waals surface area contributed by atoms with Gasteiger partial charge in [0.05, 0.1) is 0 Å². The largest absolute Gasteiger partial charge is 0.356 e. The van der Waals surface area contributed by atoms with Crippen molar-refractivity contribution in [3.63, 3.8) is 0 Å². The SMILES string of the molecule is CCCC(N)CC(=O)NCCC1CCC(C)CC1. The van der Waals surface area contributed by atoms with Gasteiger partial charge in [0, 0.05) is 19.0 Å². The predicted molar refractivity (Wildman–Crippen MR) is 76.2 cm³/mol. The number of carbonyl (C=O) groups excluding carboxylic acids is 1. The summed E-state index contributed by atoms with van der Waals surface area (Å²) in [4.78, 5) is 11.6. The molecule has 0 saturated heterocycles. The first-order valence-electron chi connectivity index (χ1n) is 7.64. The Morgan fingerprint density at radius 2 is 2.00 bits per heavy atom. The molecule has 0 aromatic carbocycles.